The zero-order chi connectivity index (χ0) is 22.1. The van der Waals surface area contributed by atoms with Gasteiger partial charge in [-0.3, -0.25) is 14.9 Å². The lowest BCUT2D eigenvalue weighted by molar-refractivity contribution is -0.122. The maximum absolute atomic E-state index is 12.4. The molecule has 0 fully saturated rings. The molecule has 3 aromatic rings. The summed E-state index contributed by atoms with van der Waals surface area (Å²) in [6.07, 6.45) is -0.521. The molecule has 2 amide bonds. The van der Waals surface area contributed by atoms with Gasteiger partial charge in [0, 0.05) is 10.4 Å². The molecule has 1 unspecified atom stereocenters. The lowest BCUT2D eigenvalue weighted by atomic mass is 10.1. The highest BCUT2D eigenvalue weighted by atomic mass is 32.1. The van der Waals surface area contributed by atoms with E-state index in [0.717, 1.165) is 27.3 Å². The SMILES string of the molecule is Cc1ccc(C)c(OCC(=O)Nc2nc(-c3ccc4c(c3)NC(=O)C(C)O4)c(C)s2)c1. The largest absolute Gasteiger partial charge is 0.483 e. The number of ether oxygens (including phenoxy) is 2. The summed E-state index contributed by atoms with van der Waals surface area (Å²) in [6, 6.07) is 11.4. The Morgan fingerprint density at radius 2 is 2.03 bits per heavy atom. The second-order valence-corrected chi connectivity index (χ2v) is 8.69. The number of carbonyl (C=O) groups excluding carboxylic acids is 2. The molecule has 0 saturated heterocycles. The molecule has 7 nitrogen and oxygen atoms in total. The van der Waals surface area contributed by atoms with Crippen molar-refractivity contribution in [1.29, 1.82) is 0 Å². The maximum Gasteiger partial charge on any atom is 0.265 e. The number of nitrogens with zero attached hydrogens (tertiary/aromatic N) is 1. The van der Waals surface area contributed by atoms with Gasteiger partial charge in [0.05, 0.1) is 11.4 Å². The van der Waals surface area contributed by atoms with Gasteiger partial charge < -0.3 is 14.8 Å². The predicted octanol–water partition coefficient (Wildman–Crippen LogP) is 4.47. The molecule has 2 aromatic carbocycles. The van der Waals surface area contributed by atoms with Crippen LogP contribution in [0.4, 0.5) is 10.8 Å². The Labute approximate surface area is 184 Å². The number of carbonyl (C=O) groups is 2. The Bertz CT molecular complexity index is 1170. The minimum absolute atomic E-state index is 0.0986. The van der Waals surface area contributed by atoms with E-state index >= 15 is 0 Å². The Morgan fingerprint density at radius 1 is 1.23 bits per heavy atom. The van der Waals surface area contributed by atoms with E-state index in [1.165, 1.54) is 11.3 Å². The van der Waals surface area contributed by atoms with Crippen molar-refractivity contribution in [3.05, 3.63) is 52.4 Å². The van der Waals surface area contributed by atoms with Crippen molar-refractivity contribution in [2.45, 2.75) is 33.8 Å². The average molecular weight is 438 g/mol. The molecule has 0 saturated carbocycles. The van der Waals surface area contributed by atoms with Crippen molar-refractivity contribution < 1.29 is 19.1 Å². The first-order chi connectivity index (χ1) is 14.8. The highest BCUT2D eigenvalue weighted by Crippen LogP contribution is 2.37. The molecule has 0 radical (unpaired) electrons. The van der Waals surface area contributed by atoms with Gasteiger partial charge >= 0.3 is 0 Å². The molecule has 31 heavy (non-hydrogen) atoms. The number of hydrogen-bond acceptors (Lipinski definition) is 6. The van der Waals surface area contributed by atoms with Crippen LogP contribution in [-0.4, -0.2) is 29.5 Å². The summed E-state index contributed by atoms with van der Waals surface area (Å²) >= 11 is 1.39. The minimum Gasteiger partial charge on any atom is -0.483 e. The second-order valence-electron chi connectivity index (χ2n) is 7.49. The van der Waals surface area contributed by atoms with Crippen LogP contribution in [0.5, 0.6) is 11.5 Å². The van der Waals surface area contributed by atoms with Gasteiger partial charge in [0.1, 0.15) is 11.5 Å². The summed E-state index contributed by atoms with van der Waals surface area (Å²) in [7, 11) is 0. The van der Waals surface area contributed by atoms with E-state index in [0.29, 0.717) is 22.3 Å². The summed E-state index contributed by atoms with van der Waals surface area (Å²) in [6.45, 7) is 7.46. The van der Waals surface area contributed by atoms with Gasteiger partial charge in [-0.15, -0.1) is 11.3 Å². The molecule has 1 aliphatic heterocycles. The van der Waals surface area contributed by atoms with Gasteiger partial charge in [-0.05, 0) is 63.1 Å². The first-order valence-corrected chi connectivity index (χ1v) is 10.7. The third kappa shape index (κ3) is 4.54. The van der Waals surface area contributed by atoms with Crippen molar-refractivity contribution in [3.63, 3.8) is 0 Å². The third-order valence-corrected chi connectivity index (χ3v) is 5.82. The Morgan fingerprint density at radius 3 is 2.84 bits per heavy atom. The molecule has 1 aromatic heterocycles. The number of nitrogens with one attached hydrogen (secondary N) is 2. The van der Waals surface area contributed by atoms with Gasteiger partial charge in [-0.25, -0.2) is 4.98 Å². The fourth-order valence-corrected chi connectivity index (χ4v) is 4.09. The van der Waals surface area contributed by atoms with Gasteiger partial charge in [-0.1, -0.05) is 12.1 Å². The Kier molecular flexibility index (Phi) is 5.65. The van der Waals surface area contributed by atoms with E-state index in [1.807, 2.05) is 57.2 Å². The number of hydrogen-bond donors (Lipinski definition) is 2. The van der Waals surface area contributed by atoms with Crippen LogP contribution in [0.2, 0.25) is 0 Å². The molecular weight excluding hydrogens is 414 g/mol. The van der Waals surface area contributed by atoms with Crippen molar-refractivity contribution in [1.82, 2.24) is 4.98 Å². The zero-order valence-corrected chi connectivity index (χ0v) is 18.6. The summed E-state index contributed by atoms with van der Waals surface area (Å²) in [5.41, 5.74) is 4.23. The lowest BCUT2D eigenvalue weighted by Crippen LogP contribution is -2.34. The highest BCUT2D eigenvalue weighted by molar-refractivity contribution is 7.16. The quantitative estimate of drug-likeness (QED) is 0.615. The van der Waals surface area contributed by atoms with Crippen molar-refractivity contribution in [2.75, 3.05) is 17.2 Å². The predicted molar refractivity (Wildman–Crippen MR) is 121 cm³/mol. The Hall–Kier alpha value is -3.39. The highest BCUT2D eigenvalue weighted by Gasteiger charge is 2.24. The molecule has 0 aliphatic carbocycles. The van der Waals surface area contributed by atoms with E-state index < -0.39 is 6.10 Å². The molecule has 8 heteroatoms. The van der Waals surface area contributed by atoms with Crippen LogP contribution >= 0.6 is 11.3 Å². The monoisotopic (exact) mass is 437 g/mol. The van der Waals surface area contributed by atoms with Crippen LogP contribution in [0.25, 0.3) is 11.3 Å². The molecule has 160 valence electrons. The van der Waals surface area contributed by atoms with Gasteiger partial charge in [0.15, 0.2) is 17.8 Å². The fraction of sp³-hybridized carbons (Fsp3) is 0.261. The van der Waals surface area contributed by atoms with E-state index in [4.69, 9.17) is 9.47 Å². The number of anilines is 2. The van der Waals surface area contributed by atoms with Crippen molar-refractivity contribution in [3.8, 4) is 22.8 Å². The van der Waals surface area contributed by atoms with E-state index in [1.54, 1.807) is 6.92 Å². The standard InChI is InChI=1S/C23H23N3O4S/c1-12-5-6-13(2)19(9-12)29-11-20(27)25-23-26-21(15(4)31-23)16-7-8-18-17(10-16)24-22(28)14(3)30-18/h5-10,14H,11H2,1-4H3,(H,24,28)(H,25,26,27). The summed E-state index contributed by atoms with van der Waals surface area (Å²) in [4.78, 5) is 29.8. The molecule has 2 heterocycles. The summed E-state index contributed by atoms with van der Waals surface area (Å²) < 4.78 is 11.3. The summed E-state index contributed by atoms with van der Waals surface area (Å²) in [5.74, 6) is 0.859. The molecule has 2 N–H and O–H groups in total. The minimum atomic E-state index is -0.521. The molecular formula is C23H23N3O4S. The number of fused-ring (bicyclic) bond motifs is 1. The topological polar surface area (TPSA) is 89.5 Å². The fourth-order valence-electron chi connectivity index (χ4n) is 3.24. The summed E-state index contributed by atoms with van der Waals surface area (Å²) in [5, 5.41) is 6.14. The number of aromatic nitrogens is 1. The molecule has 1 atom stereocenters. The smallest absolute Gasteiger partial charge is 0.265 e. The van der Waals surface area contributed by atoms with Crippen LogP contribution in [0.15, 0.2) is 36.4 Å². The van der Waals surface area contributed by atoms with Gasteiger partial charge in [-0.2, -0.15) is 0 Å². The number of benzene rings is 2. The molecule has 0 bridgehead atoms. The van der Waals surface area contributed by atoms with Gasteiger partial charge in [0.25, 0.3) is 11.8 Å². The molecule has 4 rings (SSSR count). The molecule has 1 aliphatic rings. The zero-order valence-electron chi connectivity index (χ0n) is 17.7. The number of amides is 2. The van der Waals surface area contributed by atoms with Crippen LogP contribution in [0.3, 0.4) is 0 Å². The number of thiazole rings is 1. The van der Waals surface area contributed by atoms with Crippen LogP contribution < -0.4 is 20.1 Å². The Balaban J connectivity index is 1.45. The first kappa shape index (κ1) is 20.9. The number of aryl methyl sites for hydroxylation is 3. The van der Waals surface area contributed by atoms with Crippen molar-refractivity contribution >= 4 is 34.0 Å². The second kappa shape index (κ2) is 8.39. The van der Waals surface area contributed by atoms with E-state index in [2.05, 4.69) is 15.6 Å². The lowest BCUT2D eigenvalue weighted by Gasteiger charge is -2.23. The maximum atomic E-state index is 12.4. The first-order valence-electron chi connectivity index (χ1n) is 9.89. The average Bonchev–Trinajstić information content (AvgIpc) is 3.09. The van der Waals surface area contributed by atoms with Crippen LogP contribution in [-0.2, 0) is 9.59 Å². The van der Waals surface area contributed by atoms with E-state index in [-0.39, 0.29) is 18.4 Å². The van der Waals surface area contributed by atoms with E-state index in [9.17, 15) is 9.59 Å². The normalized spacial score (nSPS) is 15.0. The number of rotatable bonds is 5. The molecule has 0 spiro atoms. The van der Waals surface area contributed by atoms with Crippen LogP contribution in [0, 0.1) is 20.8 Å². The van der Waals surface area contributed by atoms with Crippen molar-refractivity contribution in [2.24, 2.45) is 0 Å². The van der Waals surface area contributed by atoms with Crippen LogP contribution in [0.1, 0.15) is 22.9 Å². The third-order valence-electron chi connectivity index (χ3n) is 4.93. The van der Waals surface area contributed by atoms with Gasteiger partial charge in [0.2, 0.25) is 0 Å².